The molecule has 136 valence electrons. The predicted octanol–water partition coefficient (Wildman–Crippen LogP) is 1.51. The molecular weight excluding hydrogens is 324 g/mol. The van der Waals surface area contributed by atoms with E-state index < -0.39 is 35.3 Å². The zero-order valence-electron chi connectivity index (χ0n) is 14.7. The fourth-order valence-corrected chi connectivity index (χ4v) is 6.61. The van der Waals surface area contributed by atoms with Crippen molar-refractivity contribution in [1.29, 1.82) is 0 Å². The Bertz CT molecular complexity index is 727. The van der Waals surface area contributed by atoms with Crippen LogP contribution in [0, 0.1) is 29.6 Å². The van der Waals surface area contributed by atoms with Gasteiger partial charge in [0, 0.05) is 17.8 Å². The van der Waals surface area contributed by atoms with Crippen LogP contribution in [0.1, 0.15) is 40.0 Å². The van der Waals surface area contributed by atoms with Gasteiger partial charge in [-0.2, -0.15) is 0 Å². The summed E-state index contributed by atoms with van der Waals surface area (Å²) in [6, 6.07) is 0. The van der Waals surface area contributed by atoms with Gasteiger partial charge in [0.2, 0.25) is 0 Å². The van der Waals surface area contributed by atoms with Gasteiger partial charge < -0.3 is 19.7 Å². The van der Waals surface area contributed by atoms with E-state index >= 15 is 0 Å². The number of carbonyl (C=O) groups is 2. The van der Waals surface area contributed by atoms with Crippen molar-refractivity contribution >= 4 is 11.8 Å². The lowest BCUT2D eigenvalue weighted by atomic mass is 9.59. The van der Waals surface area contributed by atoms with Gasteiger partial charge in [-0.1, -0.05) is 20.8 Å². The molecule has 5 fully saturated rings. The Labute approximate surface area is 146 Å². The van der Waals surface area contributed by atoms with Crippen LogP contribution in [0.2, 0.25) is 0 Å². The van der Waals surface area contributed by atoms with Crippen molar-refractivity contribution in [3.05, 3.63) is 11.3 Å². The average molecular weight is 348 g/mol. The Morgan fingerprint density at radius 2 is 1.84 bits per heavy atom. The molecule has 2 N–H and O–H groups in total. The van der Waals surface area contributed by atoms with Gasteiger partial charge in [0.25, 0.3) is 0 Å². The van der Waals surface area contributed by atoms with Crippen molar-refractivity contribution in [2.45, 2.75) is 63.4 Å². The molecule has 2 spiro atoms. The summed E-state index contributed by atoms with van der Waals surface area (Å²) in [5.41, 5.74) is -2.11. The zero-order valence-corrected chi connectivity index (χ0v) is 14.7. The number of rotatable bonds is 0. The Hall–Kier alpha value is -1.40. The first-order chi connectivity index (χ1) is 11.7. The van der Waals surface area contributed by atoms with E-state index in [-0.39, 0.29) is 40.8 Å². The van der Waals surface area contributed by atoms with Crippen LogP contribution in [0.15, 0.2) is 11.3 Å². The minimum atomic E-state index is -1.23. The molecule has 0 aromatic carbocycles. The number of hydrogen-bond acceptors (Lipinski definition) is 6. The molecule has 4 bridgehead atoms. The van der Waals surface area contributed by atoms with Crippen LogP contribution in [-0.4, -0.2) is 45.4 Å². The van der Waals surface area contributed by atoms with E-state index in [0.717, 1.165) is 0 Å². The van der Waals surface area contributed by atoms with Crippen molar-refractivity contribution in [3.8, 4) is 0 Å². The molecule has 6 rings (SSSR count). The zero-order chi connectivity index (χ0) is 17.9. The maximum Gasteiger partial charge on any atom is 0.341 e. The Kier molecular flexibility index (Phi) is 2.83. The number of ketones is 1. The number of allylic oxidation sites excluding steroid dienone is 1. The first-order valence-electron chi connectivity index (χ1n) is 9.31. The van der Waals surface area contributed by atoms with Crippen molar-refractivity contribution in [3.63, 3.8) is 0 Å². The van der Waals surface area contributed by atoms with E-state index in [1.807, 2.05) is 20.8 Å². The van der Waals surface area contributed by atoms with Crippen molar-refractivity contribution in [2.24, 2.45) is 29.6 Å². The highest BCUT2D eigenvalue weighted by atomic mass is 16.6. The van der Waals surface area contributed by atoms with Gasteiger partial charge in [0.15, 0.2) is 11.2 Å². The molecule has 6 aliphatic rings. The number of fused-ring (bicyclic) bond motifs is 1. The molecule has 0 aromatic rings. The number of ether oxygens (including phenoxy) is 2. The largest absolute Gasteiger partial charge is 0.511 e. The quantitative estimate of drug-likeness (QED) is 0.645. The van der Waals surface area contributed by atoms with E-state index in [1.54, 1.807) is 0 Å². The number of Topliss-reactive ketones (excluding diaryl/α,β-unsaturated/α-hetero) is 1. The second-order valence-corrected chi connectivity index (χ2v) is 8.86. The highest BCUT2D eigenvalue weighted by molar-refractivity contribution is 5.99. The third-order valence-electron chi connectivity index (χ3n) is 7.57. The van der Waals surface area contributed by atoms with E-state index in [4.69, 9.17) is 9.47 Å². The molecule has 0 amide bonds. The molecule has 6 nitrogen and oxygen atoms in total. The molecule has 0 aromatic heterocycles. The number of hydrogen-bond donors (Lipinski definition) is 2. The summed E-state index contributed by atoms with van der Waals surface area (Å²) in [6.07, 6.45) is 0.318. The fourth-order valence-electron chi connectivity index (χ4n) is 6.61. The van der Waals surface area contributed by atoms with Crippen LogP contribution in [-0.2, 0) is 19.1 Å². The second kappa shape index (κ2) is 4.46. The molecule has 3 saturated heterocycles. The van der Waals surface area contributed by atoms with E-state index in [2.05, 4.69) is 0 Å². The van der Waals surface area contributed by atoms with Gasteiger partial charge >= 0.3 is 5.97 Å². The third-order valence-corrected chi connectivity index (χ3v) is 7.57. The second-order valence-electron chi connectivity index (χ2n) is 8.86. The van der Waals surface area contributed by atoms with Gasteiger partial charge in [-0.15, -0.1) is 0 Å². The lowest BCUT2D eigenvalue weighted by molar-refractivity contribution is -0.300. The molecule has 2 saturated carbocycles. The molecule has 3 heterocycles. The van der Waals surface area contributed by atoms with Gasteiger partial charge in [-0.05, 0) is 25.2 Å². The Balaban J connectivity index is 1.82. The van der Waals surface area contributed by atoms with Gasteiger partial charge in [-0.25, -0.2) is 4.79 Å². The molecule has 0 radical (unpaired) electrons. The van der Waals surface area contributed by atoms with Crippen LogP contribution in [0.4, 0.5) is 0 Å². The van der Waals surface area contributed by atoms with Crippen molar-refractivity contribution in [2.75, 3.05) is 0 Å². The Morgan fingerprint density at radius 3 is 2.56 bits per heavy atom. The summed E-state index contributed by atoms with van der Waals surface area (Å²) in [5, 5.41) is 21.7. The SMILES string of the molecule is C[C@@H]1C[C@H](C)C(=O)C2C[C@@H]3C(O)C4O[C@]25C(=C1O)C(=O)OC35C[C@H]4C. The monoisotopic (exact) mass is 348 g/mol. The molecule has 3 aliphatic carbocycles. The minimum absolute atomic E-state index is 0.00145. The lowest BCUT2D eigenvalue weighted by Gasteiger charge is -2.58. The maximum atomic E-state index is 13.2. The normalized spacial score (nSPS) is 56.6. The van der Waals surface area contributed by atoms with Crippen LogP contribution >= 0.6 is 0 Å². The molecule has 3 aliphatic heterocycles. The Morgan fingerprint density at radius 1 is 1.12 bits per heavy atom. The first kappa shape index (κ1) is 15.8. The number of carbonyl (C=O) groups excluding carboxylic acids is 2. The highest BCUT2D eigenvalue weighted by Gasteiger charge is 2.84. The topological polar surface area (TPSA) is 93.1 Å². The summed E-state index contributed by atoms with van der Waals surface area (Å²) in [5.74, 6) is -1.89. The molecule has 9 atom stereocenters. The predicted molar refractivity (Wildman–Crippen MR) is 85.4 cm³/mol. The maximum absolute atomic E-state index is 13.2. The molecular formula is C19H24O6. The van der Waals surface area contributed by atoms with Crippen LogP contribution < -0.4 is 0 Å². The molecule has 4 unspecified atom stereocenters. The smallest absolute Gasteiger partial charge is 0.341 e. The van der Waals surface area contributed by atoms with Gasteiger partial charge in [-0.3, -0.25) is 4.79 Å². The third kappa shape index (κ3) is 1.48. The van der Waals surface area contributed by atoms with Crippen molar-refractivity contribution in [1.82, 2.24) is 0 Å². The van der Waals surface area contributed by atoms with Crippen LogP contribution in [0.3, 0.4) is 0 Å². The van der Waals surface area contributed by atoms with E-state index in [9.17, 15) is 19.8 Å². The average Bonchev–Trinajstić information content (AvgIpc) is 2.90. The fraction of sp³-hybridized carbons (Fsp3) is 0.789. The summed E-state index contributed by atoms with van der Waals surface area (Å²) in [6.45, 7) is 5.68. The standard InChI is InChI=1S/C19H24O6/c1-7-4-8(2)14(21)12-17(23)25-18-6-9(3)16-15(22)10(18)5-11(13(7)20)19(12,18)24-16/h7-11,15-16,21-22H,4-6H2,1-3H3/t7-,8+,9+,10+,11?,15?,16?,18?,19-/m0/s1. The van der Waals surface area contributed by atoms with Gasteiger partial charge in [0.05, 0.1) is 18.1 Å². The first-order valence-corrected chi connectivity index (χ1v) is 9.31. The number of aliphatic hydroxyl groups excluding tert-OH is 2. The van der Waals surface area contributed by atoms with Crippen LogP contribution in [0.25, 0.3) is 0 Å². The lowest BCUT2D eigenvalue weighted by Crippen LogP contribution is -2.72. The van der Waals surface area contributed by atoms with Gasteiger partial charge in [0.1, 0.15) is 17.1 Å². The summed E-state index contributed by atoms with van der Waals surface area (Å²) in [7, 11) is 0. The highest BCUT2D eigenvalue weighted by Crippen LogP contribution is 2.70. The summed E-state index contributed by atoms with van der Waals surface area (Å²) < 4.78 is 12.3. The van der Waals surface area contributed by atoms with Crippen molar-refractivity contribution < 1.29 is 29.3 Å². The van der Waals surface area contributed by atoms with E-state index in [1.165, 1.54) is 0 Å². The number of esters is 1. The summed E-state index contributed by atoms with van der Waals surface area (Å²) in [4.78, 5) is 26.1. The molecule has 6 heteroatoms. The summed E-state index contributed by atoms with van der Waals surface area (Å²) >= 11 is 0. The van der Waals surface area contributed by atoms with E-state index in [0.29, 0.717) is 19.3 Å². The molecule has 25 heavy (non-hydrogen) atoms. The minimum Gasteiger partial charge on any atom is -0.511 e. The number of aliphatic hydroxyl groups is 2. The van der Waals surface area contributed by atoms with Crippen LogP contribution in [0.5, 0.6) is 0 Å².